The number of halogens is 3. The number of benzene rings is 1. The summed E-state index contributed by atoms with van der Waals surface area (Å²) in [5.41, 5.74) is 0. The molecule has 1 atom stereocenters. The lowest BCUT2D eigenvalue weighted by molar-refractivity contribution is -0.132. The van der Waals surface area contributed by atoms with Gasteiger partial charge in [0.05, 0.1) is 5.02 Å². The summed E-state index contributed by atoms with van der Waals surface area (Å²) in [6, 6.07) is 3.85. The van der Waals surface area contributed by atoms with Crippen LogP contribution in [0.1, 0.15) is 6.42 Å². The number of carbonyl (C=O) groups excluding carboxylic acids is 1. The number of carbonyl (C=O) groups is 1. The first kappa shape index (κ1) is 18.0. The van der Waals surface area contributed by atoms with Gasteiger partial charge in [-0.1, -0.05) is 11.6 Å². The molecule has 1 heterocycles. The van der Waals surface area contributed by atoms with E-state index < -0.39 is 5.82 Å². The molecule has 1 aliphatic heterocycles. The molecule has 1 aromatic rings. The van der Waals surface area contributed by atoms with E-state index >= 15 is 0 Å². The van der Waals surface area contributed by atoms with Crippen LogP contribution >= 0.6 is 24.0 Å². The molecule has 0 aliphatic carbocycles. The third-order valence-electron chi connectivity index (χ3n) is 3.38. The van der Waals surface area contributed by atoms with Crippen molar-refractivity contribution in [3.63, 3.8) is 0 Å². The summed E-state index contributed by atoms with van der Waals surface area (Å²) in [6.07, 6.45) is 1.00. The highest BCUT2D eigenvalue weighted by atomic mass is 35.5. The smallest absolute Gasteiger partial charge is 0.260 e. The van der Waals surface area contributed by atoms with Gasteiger partial charge in [0.25, 0.3) is 5.91 Å². The minimum atomic E-state index is -0.428. The molecule has 0 saturated carbocycles. The molecule has 4 nitrogen and oxygen atoms in total. The molecule has 2 rings (SSSR count). The minimum absolute atomic E-state index is 0. The first-order valence-electron chi connectivity index (χ1n) is 6.60. The van der Waals surface area contributed by atoms with Gasteiger partial charge in [0, 0.05) is 13.1 Å². The average molecular weight is 337 g/mol. The number of hydrogen-bond donors (Lipinski definition) is 1. The molecule has 1 amide bonds. The summed E-state index contributed by atoms with van der Waals surface area (Å²) in [4.78, 5) is 13.8. The van der Waals surface area contributed by atoms with Crippen LogP contribution in [0.5, 0.6) is 5.75 Å². The molecule has 1 saturated heterocycles. The number of nitrogens with zero attached hydrogens (tertiary/aromatic N) is 1. The Morgan fingerprint density at radius 3 is 3.00 bits per heavy atom. The molecule has 118 valence electrons. The molecule has 0 bridgehead atoms. The SMILES string of the molecule is CNCC1CCN(C(=O)COc2ccc(F)cc2Cl)C1.Cl. The van der Waals surface area contributed by atoms with Gasteiger partial charge in [-0.15, -0.1) is 12.4 Å². The van der Waals surface area contributed by atoms with Crippen molar-refractivity contribution in [1.82, 2.24) is 10.2 Å². The van der Waals surface area contributed by atoms with Gasteiger partial charge in [-0.3, -0.25) is 4.79 Å². The highest BCUT2D eigenvalue weighted by molar-refractivity contribution is 6.32. The van der Waals surface area contributed by atoms with Crippen molar-refractivity contribution in [2.24, 2.45) is 5.92 Å². The zero-order valence-corrected chi connectivity index (χ0v) is 13.3. The van der Waals surface area contributed by atoms with Crippen LogP contribution in [0.2, 0.25) is 5.02 Å². The maximum absolute atomic E-state index is 12.9. The number of amides is 1. The van der Waals surface area contributed by atoms with E-state index in [1.165, 1.54) is 18.2 Å². The number of likely N-dealkylation sites (tertiary alicyclic amines) is 1. The summed E-state index contributed by atoms with van der Waals surface area (Å²) in [5, 5.41) is 3.29. The average Bonchev–Trinajstić information content (AvgIpc) is 2.86. The van der Waals surface area contributed by atoms with E-state index in [0.717, 1.165) is 26.1 Å². The van der Waals surface area contributed by atoms with Crippen molar-refractivity contribution >= 4 is 29.9 Å². The Kier molecular flexibility index (Phi) is 7.22. The molecule has 1 aliphatic rings. The molecule has 1 aromatic carbocycles. The highest BCUT2D eigenvalue weighted by Crippen LogP contribution is 2.25. The van der Waals surface area contributed by atoms with E-state index in [1.807, 2.05) is 7.05 Å². The van der Waals surface area contributed by atoms with Gasteiger partial charge < -0.3 is 15.0 Å². The number of nitrogens with one attached hydrogen (secondary N) is 1. The Labute approximate surface area is 135 Å². The van der Waals surface area contributed by atoms with Crippen LogP contribution in [0.3, 0.4) is 0 Å². The zero-order chi connectivity index (χ0) is 14.5. The lowest BCUT2D eigenvalue weighted by Gasteiger charge is -2.17. The topological polar surface area (TPSA) is 41.6 Å². The third-order valence-corrected chi connectivity index (χ3v) is 3.67. The fourth-order valence-electron chi connectivity index (χ4n) is 2.34. The first-order chi connectivity index (χ1) is 9.60. The first-order valence-corrected chi connectivity index (χ1v) is 6.98. The summed E-state index contributed by atoms with van der Waals surface area (Å²) in [7, 11) is 1.91. The number of hydrogen-bond acceptors (Lipinski definition) is 3. The maximum atomic E-state index is 12.9. The molecule has 1 unspecified atom stereocenters. The van der Waals surface area contributed by atoms with Crippen molar-refractivity contribution in [3.05, 3.63) is 29.0 Å². The van der Waals surface area contributed by atoms with Crippen molar-refractivity contribution < 1.29 is 13.9 Å². The third kappa shape index (κ3) is 5.02. The Hall–Kier alpha value is -1.04. The second-order valence-corrected chi connectivity index (χ2v) is 5.32. The Morgan fingerprint density at radius 1 is 1.57 bits per heavy atom. The van der Waals surface area contributed by atoms with Crippen LogP contribution in [-0.2, 0) is 4.79 Å². The Balaban J connectivity index is 0.00000220. The standard InChI is InChI=1S/C14H18ClFN2O2.ClH/c1-17-7-10-4-5-18(8-10)14(19)9-20-13-3-2-11(16)6-12(13)15;/h2-3,6,10,17H,4-5,7-9H2,1H3;1H. The maximum Gasteiger partial charge on any atom is 0.260 e. The molecular formula is C14H19Cl2FN2O2. The van der Waals surface area contributed by atoms with Crippen molar-refractivity contribution in [2.45, 2.75) is 6.42 Å². The van der Waals surface area contributed by atoms with E-state index in [4.69, 9.17) is 16.3 Å². The molecule has 1 N–H and O–H groups in total. The van der Waals surface area contributed by atoms with Gasteiger partial charge >= 0.3 is 0 Å². The van der Waals surface area contributed by atoms with Gasteiger partial charge in [0.15, 0.2) is 6.61 Å². The number of ether oxygens (including phenoxy) is 1. The van der Waals surface area contributed by atoms with Gasteiger partial charge in [-0.25, -0.2) is 4.39 Å². The summed E-state index contributed by atoms with van der Waals surface area (Å²) in [5.74, 6) is 0.331. The molecule has 1 fully saturated rings. The predicted octanol–water partition coefficient (Wildman–Crippen LogP) is 2.35. The van der Waals surface area contributed by atoms with Crippen molar-refractivity contribution in [1.29, 1.82) is 0 Å². The fourth-order valence-corrected chi connectivity index (χ4v) is 2.56. The van der Waals surface area contributed by atoms with Gasteiger partial charge in [-0.2, -0.15) is 0 Å². The minimum Gasteiger partial charge on any atom is -0.482 e. The monoisotopic (exact) mass is 336 g/mol. The predicted molar refractivity (Wildman–Crippen MR) is 82.8 cm³/mol. The second kappa shape index (κ2) is 8.41. The quantitative estimate of drug-likeness (QED) is 0.897. The van der Waals surface area contributed by atoms with E-state index in [2.05, 4.69) is 5.32 Å². The summed E-state index contributed by atoms with van der Waals surface area (Å²) < 4.78 is 18.2. The molecule has 21 heavy (non-hydrogen) atoms. The van der Waals surface area contributed by atoms with Gasteiger partial charge in [0.2, 0.25) is 0 Å². The zero-order valence-electron chi connectivity index (χ0n) is 11.8. The largest absolute Gasteiger partial charge is 0.482 e. The second-order valence-electron chi connectivity index (χ2n) is 4.92. The highest BCUT2D eigenvalue weighted by Gasteiger charge is 2.25. The molecule has 0 spiro atoms. The van der Waals surface area contributed by atoms with E-state index in [0.29, 0.717) is 11.7 Å². The molecule has 7 heteroatoms. The fraction of sp³-hybridized carbons (Fsp3) is 0.500. The van der Waals surface area contributed by atoms with E-state index in [-0.39, 0.29) is 29.9 Å². The van der Waals surface area contributed by atoms with Crippen LogP contribution in [0, 0.1) is 11.7 Å². The summed E-state index contributed by atoms with van der Waals surface area (Å²) in [6.45, 7) is 2.35. The van der Waals surface area contributed by atoms with E-state index in [9.17, 15) is 9.18 Å². The van der Waals surface area contributed by atoms with Crippen molar-refractivity contribution in [2.75, 3.05) is 33.3 Å². The lowest BCUT2D eigenvalue weighted by atomic mass is 10.1. The van der Waals surface area contributed by atoms with Crippen molar-refractivity contribution in [3.8, 4) is 5.75 Å². The van der Waals surface area contributed by atoms with Crippen LogP contribution in [0.15, 0.2) is 18.2 Å². The van der Waals surface area contributed by atoms with E-state index in [1.54, 1.807) is 4.90 Å². The van der Waals surface area contributed by atoms with Crippen LogP contribution < -0.4 is 10.1 Å². The van der Waals surface area contributed by atoms with Gasteiger partial charge in [0.1, 0.15) is 11.6 Å². The normalized spacial score (nSPS) is 17.5. The number of rotatable bonds is 5. The van der Waals surface area contributed by atoms with Crippen LogP contribution in [-0.4, -0.2) is 44.1 Å². The lowest BCUT2D eigenvalue weighted by Crippen LogP contribution is -2.34. The van der Waals surface area contributed by atoms with Crippen LogP contribution in [0.25, 0.3) is 0 Å². The van der Waals surface area contributed by atoms with Crippen LogP contribution in [0.4, 0.5) is 4.39 Å². The molecule has 0 radical (unpaired) electrons. The molecule has 0 aromatic heterocycles. The van der Waals surface area contributed by atoms with Gasteiger partial charge in [-0.05, 0) is 44.1 Å². The Morgan fingerprint density at radius 2 is 2.33 bits per heavy atom. The Bertz CT molecular complexity index is 488. The molecular weight excluding hydrogens is 318 g/mol. The summed E-state index contributed by atoms with van der Waals surface area (Å²) >= 11 is 5.84.